The number of nitrogens with one attached hydrogen (secondary N) is 1. The fourth-order valence-electron chi connectivity index (χ4n) is 3.32. The quantitative estimate of drug-likeness (QED) is 0.233. The second-order valence-corrected chi connectivity index (χ2v) is 9.97. The normalized spacial score (nSPS) is 11.8. The van der Waals surface area contributed by atoms with E-state index in [4.69, 9.17) is 17.4 Å². The molecule has 8 nitrogen and oxygen atoms in total. The van der Waals surface area contributed by atoms with Gasteiger partial charge in [0.2, 0.25) is 21.0 Å². The molecule has 0 radical (unpaired) electrons. The molecule has 0 aliphatic heterocycles. The van der Waals surface area contributed by atoms with Gasteiger partial charge in [-0.2, -0.15) is 0 Å². The summed E-state index contributed by atoms with van der Waals surface area (Å²) in [6.07, 6.45) is 0. The number of sulfonamides is 1. The van der Waals surface area contributed by atoms with Crippen molar-refractivity contribution < 1.29 is 13.5 Å². The molecule has 0 aliphatic rings. The highest BCUT2D eigenvalue weighted by molar-refractivity contribution is 9.10. The van der Waals surface area contributed by atoms with Gasteiger partial charge in [-0.15, -0.1) is 10.2 Å². The van der Waals surface area contributed by atoms with E-state index >= 15 is 0 Å². The van der Waals surface area contributed by atoms with Gasteiger partial charge in [0.15, 0.2) is 5.69 Å². The number of hydrogen-bond donors (Lipinski definition) is 3. The molecule has 0 bridgehead atoms. The van der Waals surface area contributed by atoms with Crippen molar-refractivity contribution in [3.05, 3.63) is 82.8 Å². The zero-order valence-corrected chi connectivity index (χ0v) is 20.2. The second-order valence-electron chi connectivity index (χ2n) is 7.11. The number of aromatic hydroxyl groups is 1. The van der Waals surface area contributed by atoms with E-state index in [1.54, 1.807) is 10.6 Å². The van der Waals surface area contributed by atoms with E-state index in [0.29, 0.717) is 17.6 Å². The van der Waals surface area contributed by atoms with Crippen LogP contribution in [0.1, 0.15) is 5.56 Å². The SMILES string of the molecule is NS(=O)(=O)c1cccc(NC(=S)N=Nc2c(O)n(Cc3ccccc3)c3ccc(Br)cc23)c1. The van der Waals surface area contributed by atoms with Gasteiger partial charge in [-0.25, -0.2) is 13.6 Å². The van der Waals surface area contributed by atoms with Gasteiger partial charge in [0.05, 0.1) is 17.0 Å². The Bertz CT molecular complexity index is 1480. The fraction of sp³-hybridized carbons (Fsp3) is 0.0455. The molecule has 0 atom stereocenters. The summed E-state index contributed by atoms with van der Waals surface area (Å²) in [6, 6.07) is 21.2. The largest absolute Gasteiger partial charge is 0.493 e. The lowest BCUT2D eigenvalue weighted by Crippen LogP contribution is -2.13. The number of nitrogens with two attached hydrogens (primary N) is 1. The summed E-state index contributed by atoms with van der Waals surface area (Å²) < 4.78 is 25.7. The zero-order chi connectivity index (χ0) is 23.6. The number of rotatable bonds is 5. The maximum atomic E-state index is 11.5. The molecular formula is C22H18BrN5O3S2. The van der Waals surface area contributed by atoms with Gasteiger partial charge in [0.1, 0.15) is 0 Å². The van der Waals surface area contributed by atoms with E-state index in [1.165, 1.54) is 18.2 Å². The highest BCUT2D eigenvalue weighted by atomic mass is 79.9. The van der Waals surface area contributed by atoms with Crippen LogP contribution < -0.4 is 10.5 Å². The third kappa shape index (κ3) is 5.28. The molecule has 4 aromatic rings. The number of fused-ring (bicyclic) bond motifs is 1. The van der Waals surface area contributed by atoms with E-state index in [0.717, 1.165) is 15.6 Å². The average Bonchev–Trinajstić information content (AvgIpc) is 3.03. The van der Waals surface area contributed by atoms with Crippen molar-refractivity contribution in [1.82, 2.24) is 4.57 Å². The molecule has 0 spiro atoms. The van der Waals surface area contributed by atoms with Gasteiger partial charge in [0, 0.05) is 15.5 Å². The minimum atomic E-state index is -3.85. The fourth-order valence-corrected chi connectivity index (χ4v) is 4.39. The van der Waals surface area contributed by atoms with Gasteiger partial charge >= 0.3 is 0 Å². The Balaban J connectivity index is 1.65. The zero-order valence-electron chi connectivity index (χ0n) is 17.0. The van der Waals surface area contributed by atoms with Crippen LogP contribution in [0.25, 0.3) is 10.9 Å². The molecule has 11 heteroatoms. The van der Waals surface area contributed by atoms with Crippen LogP contribution in [-0.4, -0.2) is 23.2 Å². The molecule has 0 saturated heterocycles. The van der Waals surface area contributed by atoms with E-state index in [-0.39, 0.29) is 21.6 Å². The summed E-state index contributed by atoms with van der Waals surface area (Å²) in [5, 5.41) is 27.8. The Hall–Kier alpha value is -3.12. The van der Waals surface area contributed by atoms with Crippen LogP contribution in [0.3, 0.4) is 0 Å². The number of hydrogen-bond acceptors (Lipinski definition) is 5. The lowest BCUT2D eigenvalue weighted by Gasteiger charge is -2.07. The molecular weight excluding hydrogens is 526 g/mol. The molecule has 4 rings (SSSR count). The summed E-state index contributed by atoms with van der Waals surface area (Å²) in [5.74, 6) is -0.0466. The van der Waals surface area contributed by atoms with Crippen molar-refractivity contribution in [3.63, 3.8) is 0 Å². The van der Waals surface area contributed by atoms with Crippen LogP contribution in [0.5, 0.6) is 5.88 Å². The molecule has 1 heterocycles. The Kier molecular flexibility index (Phi) is 6.56. The average molecular weight is 544 g/mol. The van der Waals surface area contributed by atoms with Gasteiger partial charge in [-0.1, -0.05) is 52.3 Å². The molecule has 0 amide bonds. The number of thiocarbonyl (C=S) groups is 1. The Morgan fingerprint density at radius 2 is 1.85 bits per heavy atom. The van der Waals surface area contributed by atoms with Gasteiger partial charge in [-0.3, -0.25) is 0 Å². The van der Waals surface area contributed by atoms with Crippen molar-refractivity contribution in [2.75, 3.05) is 5.32 Å². The number of azo groups is 1. The van der Waals surface area contributed by atoms with Crippen LogP contribution in [0.4, 0.5) is 11.4 Å². The van der Waals surface area contributed by atoms with Gasteiger partial charge in [0.25, 0.3) is 0 Å². The number of aromatic nitrogens is 1. The van der Waals surface area contributed by atoms with E-state index < -0.39 is 10.0 Å². The number of primary sulfonamides is 1. The summed E-state index contributed by atoms with van der Waals surface area (Å²) >= 11 is 8.68. The molecule has 0 saturated carbocycles. The second kappa shape index (κ2) is 9.40. The Labute approximate surface area is 203 Å². The maximum Gasteiger partial charge on any atom is 0.238 e. The Morgan fingerprint density at radius 3 is 2.58 bits per heavy atom. The standard InChI is InChI=1S/C22H18BrN5O3S2/c23-15-9-10-19-18(11-15)20(21(29)28(19)13-14-5-2-1-3-6-14)26-27-22(32)25-16-7-4-8-17(12-16)33(24,30)31/h1-12,29H,13H2,(H,25,32)(H2,24,30,31). The van der Waals surface area contributed by atoms with Crippen LogP contribution in [0.2, 0.25) is 0 Å². The van der Waals surface area contributed by atoms with Crippen LogP contribution in [0.15, 0.2) is 92.4 Å². The predicted molar refractivity (Wildman–Crippen MR) is 135 cm³/mol. The van der Waals surface area contributed by atoms with Crippen molar-refractivity contribution in [3.8, 4) is 5.88 Å². The first-order valence-corrected chi connectivity index (χ1v) is 12.4. The molecule has 0 fully saturated rings. The van der Waals surface area contributed by atoms with Gasteiger partial charge in [-0.05, 0) is 54.2 Å². The summed E-state index contributed by atoms with van der Waals surface area (Å²) in [4.78, 5) is -0.0567. The van der Waals surface area contributed by atoms with Crippen LogP contribution in [-0.2, 0) is 16.6 Å². The van der Waals surface area contributed by atoms with Gasteiger partial charge < -0.3 is 15.0 Å². The first-order chi connectivity index (χ1) is 15.7. The summed E-state index contributed by atoms with van der Waals surface area (Å²) in [6.45, 7) is 0.448. The lowest BCUT2D eigenvalue weighted by atomic mass is 10.2. The van der Waals surface area contributed by atoms with E-state index in [2.05, 4.69) is 31.5 Å². The molecule has 33 heavy (non-hydrogen) atoms. The predicted octanol–water partition coefficient (Wildman–Crippen LogP) is 5.29. The highest BCUT2D eigenvalue weighted by Crippen LogP contribution is 2.40. The molecule has 1 aromatic heterocycles. The first kappa shape index (κ1) is 23.1. The van der Waals surface area contributed by atoms with Crippen molar-refractivity contribution in [2.45, 2.75) is 11.4 Å². The maximum absolute atomic E-state index is 11.5. The number of halogens is 1. The number of anilines is 1. The van der Waals surface area contributed by atoms with Crippen LogP contribution in [0, 0.1) is 0 Å². The molecule has 4 N–H and O–H groups in total. The monoisotopic (exact) mass is 543 g/mol. The lowest BCUT2D eigenvalue weighted by molar-refractivity contribution is 0.429. The van der Waals surface area contributed by atoms with E-state index in [9.17, 15) is 13.5 Å². The number of benzene rings is 3. The summed E-state index contributed by atoms with van der Waals surface area (Å²) in [5.41, 5.74) is 2.46. The van der Waals surface area contributed by atoms with E-state index in [1.807, 2.05) is 48.5 Å². The molecule has 168 valence electrons. The van der Waals surface area contributed by atoms with Crippen molar-refractivity contribution >= 4 is 65.6 Å². The third-order valence-electron chi connectivity index (χ3n) is 4.81. The molecule has 0 unspecified atom stereocenters. The van der Waals surface area contributed by atoms with Crippen LogP contribution >= 0.6 is 28.1 Å². The third-order valence-corrected chi connectivity index (χ3v) is 6.40. The minimum absolute atomic E-state index is 0.0140. The minimum Gasteiger partial charge on any atom is -0.493 e. The topological polar surface area (TPSA) is 122 Å². The van der Waals surface area contributed by atoms with Crippen molar-refractivity contribution in [1.29, 1.82) is 0 Å². The Morgan fingerprint density at radius 1 is 1.09 bits per heavy atom. The highest BCUT2D eigenvalue weighted by Gasteiger charge is 2.17. The summed E-state index contributed by atoms with van der Waals surface area (Å²) in [7, 11) is -3.85. The molecule has 0 aliphatic carbocycles. The molecule has 3 aromatic carbocycles. The van der Waals surface area contributed by atoms with Crippen molar-refractivity contribution in [2.24, 2.45) is 15.4 Å². The smallest absolute Gasteiger partial charge is 0.238 e. The number of nitrogens with zero attached hydrogens (tertiary/aromatic N) is 3. The first-order valence-electron chi connectivity index (χ1n) is 9.62.